The Bertz CT molecular complexity index is 677. The Hall–Kier alpha value is -2.40. The summed E-state index contributed by atoms with van der Waals surface area (Å²) < 4.78 is 12.9. The van der Waals surface area contributed by atoms with Gasteiger partial charge in [0.15, 0.2) is 0 Å². The standard InChI is InChI=1S/C16H14ClFN2O2/c1-11(22-19-10-12-5-3-2-4-6-12)16(21)20-15-8-7-13(18)9-14(15)17/h2-11H,1H3,(H,20,21)/b19-10-/t11-/m1/s1. The van der Waals surface area contributed by atoms with E-state index >= 15 is 0 Å². The highest BCUT2D eigenvalue weighted by atomic mass is 35.5. The third-order valence-corrected chi connectivity index (χ3v) is 3.09. The van der Waals surface area contributed by atoms with Crippen molar-refractivity contribution in [2.45, 2.75) is 13.0 Å². The Morgan fingerprint density at radius 2 is 2.05 bits per heavy atom. The monoisotopic (exact) mass is 320 g/mol. The van der Waals surface area contributed by atoms with Crippen LogP contribution in [0.5, 0.6) is 0 Å². The van der Waals surface area contributed by atoms with Crippen molar-refractivity contribution >= 4 is 29.4 Å². The van der Waals surface area contributed by atoms with Gasteiger partial charge in [-0.25, -0.2) is 4.39 Å². The molecule has 0 aliphatic rings. The number of anilines is 1. The molecule has 114 valence electrons. The summed E-state index contributed by atoms with van der Waals surface area (Å²) in [7, 11) is 0. The number of carbonyl (C=O) groups excluding carboxylic acids is 1. The van der Waals surface area contributed by atoms with Crippen molar-refractivity contribution in [2.75, 3.05) is 5.32 Å². The maximum Gasteiger partial charge on any atom is 0.268 e. The zero-order valence-corrected chi connectivity index (χ0v) is 12.5. The molecule has 1 N–H and O–H groups in total. The fourth-order valence-electron chi connectivity index (χ4n) is 1.59. The van der Waals surface area contributed by atoms with E-state index in [0.717, 1.165) is 11.6 Å². The van der Waals surface area contributed by atoms with E-state index in [0.29, 0.717) is 5.69 Å². The lowest BCUT2D eigenvalue weighted by atomic mass is 10.2. The Morgan fingerprint density at radius 1 is 1.32 bits per heavy atom. The number of carbonyl (C=O) groups is 1. The first-order valence-corrected chi connectivity index (χ1v) is 6.94. The van der Waals surface area contributed by atoms with Crippen LogP contribution in [-0.2, 0) is 9.63 Å². The van der Waals surface area contributed by atoms with Gasteiger partial charge < -0.3 is 10.2 Å². The summed E-state index contributed by atoms with van der Waals surface area (Å²) in [5.41, 5.74) is 1.17. The second kappa shape index (κ2) is 7.56. The van der Waals surface area contributed by atoms with Crippen molar-refractivity contribution in [2.24, 2.45) is 5.16 Å². The maximum atomic E-state index is 12.9. The summed E-state index contributed by atoms with van der Waals surface area (Å²) in [5, 5.41) is 6.43. The van der Waals surface area contributed by atoms with E-state index in [-0.39, 0.29) is 5.02 Å². The first kappa shape index (κ1) is 16.0. The molecule has 1 amide bonds. The van der Waals surface area contributed by atoms with E-state index in [2.05, 4.69) is 10.5 Å². The summed E-state index contributed by atoms with van der Waals surface area (Å²) in [6, 6.07) is 13.1. The highest BCUT2D eigenvalue weighted by Crippen LogP contribution is 2.22. The first-order chi connectivity index (χ1) is 10.6. The van der Waals surface area contributed by atoms with Gasteiger partial charge in [-0.3, -0.25) is 4.79 Å². The molecule has 0 radical (unpaired) electrons. The van der Waals surface area contributed by atoms with E-state index in [9.17, 15) is 9.18 Å². The molecular weight excluding hydrogens is 307 g/mol. The minimum Gasteiger partial charge on any atom is -0.383 e. The Balaban J connectivity index is 1.91. The molecule has 2 aromatic rings. The average Bonchev–Trinajstić information content (AvgIpc) is 2.51. The maximum absolute atomic E-state index is 12.9. The van der Waals surface area contributed by atoms with Gasteiger partial charge in [-0.15, -0.1) is 0 Å². The van der Waals surface area contributed by atoms with Crippen molar-refractivity contribution in [3.05, 3.63) is 64.9 Å². The Morgan fingerprint density at radius 3 is 2.73 bits per heavy atom. The van der Waals surface area contributed by atoms with Crippen LogP contribution in [0.4, 0.5) is 10.1 Å². The molecule has 0 saturated heterocycles. The molecule has 4 nitrogen and oxygen atoms in total. The third-order valence-electron chi connectivity index (χ3n) is 2.78. The number of rotatable bonds is 5. The minimum absolute atomic E-state index is 0.119. The molecule has 0 aliphatic heterocycles. The number of nitrogens with zero attached hydrogens (tertiary/aromatic N) is 1. The number of hydrogen-bond acceptors (Lipinski definition) is 3. The van der Waals surface area contributed by atoms with E-state index in [1.807, 2.05) is 30.3 Å². The average molecular weight is 321 g/mol. The van der Waals surface area contributed by atoms with E-state index in [1.54, 1.807) is 6.92 Å². The van der Waals surface area contributed by atoms with Gasteiger partial charge in [0, 0.05) is 0 Å². The second-order valence-electron chi connectivity index (χ2n) is 4.51. The van der Waals surface area contributed by atoms with Gasteiger partial charge >= 0.3 is 0 Å². The predicted molar refractivity (Wildman–Crippen MR) is 84.6 cm³/mol. The molecule has 0 aromatic heterocycles. The quantitative estimate of drug-likeness (QED) is 0.672. The lowest BCUT2D eigenvalue weighted by molar-refractivity contribution is -0.126. The molecule has 0 spiro atoms. The SMILES string of the molecule is C[C@@H](O/N=C\c1ccccc1)C(=O)Nc1ccc(F)cc1Cl. The van der Waals surface area contributed by atoms with Crippen LogP contribution >= 0.6 is 11.6 Å². The van der Waals surface area contributed by atoms with Crippen molar-refractivity contribution in [1.82, 2.24) is 0 Å². The number of amides is 1. The molecule has 0 fully saturated rings. The summed E-state index contributed by atoms with van der Waals surface area (Å²) in [6.07, 6.45) is 0.690. The lowest BCUT2D eigenvalue weighted by Gasteiger charge is -2.11. The number of hydrogen-bond donors (Lipinski definition) is 1. The van der Waals surface area contributed by atoms with E-state index in [4.69, 9.17) is 16.4 Å². The summed E-state index contributed by atoms with van der Waals surface area (Å²) in [5.74, 6) is -0.904. The van der Waals surface area contributed by atoms with Crippen LogP contribution in [0, 0.1) is 5.82 Å². The van der Waals surface area contributed by atoms with Crippen molar-refractivity contribution < 1.29 is 14.0 Å². The topological polar surface area (TPSA) is 50.7 Å². The molecule has 2 rings (SSSR count). The molecule has 22 heavy (non-hydrogen) atoms. The molecule has 0 unspecified atom stereocenters. The van der Waals surface area contributed by atoms with Crippen LogP contribution in [0.2, 0.25) is 5.02 Å². The molecular formula is C16H14ClFN2O2. The molecule has 1 atom stereocenters. The van der Waals surface area contributed by atoms with Gasteiger partial charge in [-0.2, -0.15) is 0 Å². The number of nitrogens with one attached hydrogen (secondary N) is 1. The highest BCUT2D eigenvalue weighted by molar-refractivity contribution is 6.33. The predicted octanol–water partition coefficient (Wildman–Crippen LogP) is 3.86. The Labute approximate surface area is 132 Å². The second-order valence-corrected chi connectivity index (χ2v) is 4.91. The number of benzene rings is 2. The van der Waals surface area contributed by atoms with Crippen LogP contribution < -0.4 is 5.32 Å². The van der Waals surface area contributed by atoms with E-state index in [1.165, 1.54) is 18.3 Å². The van der Waals surface area contributed by atoms with Gasteiger partial charge in [0.05, 0.1) is 16.9 Å². The fraction of sp³-hybridized carbons (Fsp3) is 0.125. The molecule has 0 heterocycles. The van der Waals surface area contributed by atoms with Gasteiger partial charge in [-0.05, 0) is 30.7 Å². The molecule has 0 bridgehead atoms. The zero-order chi connectivity index (χ0) is 15.9. The first-order valence-electron chi connectivity index (χ1n) is 6.56. The normalized spacial score (nSPS) is 12.1. The minimum atomic E-state index is -0.818. The largest absolute Gasteiger partial charge is 0.383 e. The fourth-order valence-corrected chi connectivity index (χ4v) is 1.81. The van der Waals surface area contributed by atoms with E-state index < -0.39 is 17.8 Å². The third kappa shape index (κ3) is 4.56. The molecule has 6 heteroatoms. The summed E-state index contributed by atoms with van der Waals surface area (Å²) >= 11 is 5.84. The van der Waals surface area contributed by atoms with Gasteiger partial charge in [0.25, 0.3) is 5.91 Å². The lowest BCUT2D eigenvalue weighted by Crippen LogP contribution is -2.26. The molecule has 2 aromatic carbocycles. The molecule has 0 aliphatic carbocycles. The smallest absolute Gasteiger partial charge is 0.268 e. The van der Waals surface area contributed by atoms with Crippen LogP contribution in [0.25, 0.3) is 0 Å². The Kier molecular flexibility index (Phi) is 5.49. The van der Waals surface area contributed by atoms with Crippen LogP contribution in [0.3, 0.4) is 0 Å². The van der Waals surface area contributed by atoms with Gasteiger partial charge in [0.1, 0.15) is 5.82 Å². The highest BCUT2D eigenvalue weighted by Gasteiger charge is 2.15. The van der Waals surface area contributed by atoms with Gasteiger partial charge in [0.2, 0.25) is 6.10 Å². The summed E-state index contributed by atoms with van der Waals surface area (Å²) in [6.45, 7) is 1.55. The van der Waals surface area contributed by atoms with Crippen LogP contribution in [0.1, 0.15) is 12.5 Å². The summed E-state index contributed by atoms with van der Waals surface area (Å²) in [4.78, 5) is 17.0. The van der Waals surface area contributed by atoms with Crippen molar-refractivity contribution in [1.29, 1.82) is 0 Å². The zero-order valence-electron chi connectivity index (χ0n) is 11.8. The van der Waals surface area contributed by atoms with Crippen LogP contribution in [-0.4, -0.2) is 18.2 Å². The van der Waals surface area contributed by atoms with Gasteiger partial charge in [-0.1, -0.05) is 47.1 Å². The number of halogens is 2. The molecule has 0 saturated carbocycles. The van der Waals surface area contributed by atoms with Crippen molar-refractivity contribution in [3.63, 3.8) is 0 Å². The van der Waals surface area contributed by atoms with Crippen LogP contribution in [0.15, 0.2) is 53.7 Å². The number of oxime groups is 1. The van der Waals surface area contributed by atoms with Crippen molar-refractivity contribution in [3.8, 4) is 0 Å².